The molecule has 0 aliphatic rings. The number of nitrogens with zero attached hydrogens (tertiary/aromatic N) is 1. The zero-order valence-electron chi connectivity index (χ0n) is 14.0. The molecule has 0 aliphatic heterocycles. The van der Waals surface area contributed by atoms with Gasteiger partial charge in [0.25, 0.3) is 5.91 Å². The van der Waals surface area contributed by atoms with E-state index in [4.69, 9.17) is 4.74 Å². The Morgan fingerprint density at radius 1 is 1.17 bits per heavy atom. The summed E-state index contributed by atoms with van der Waals surface area (Å²) < 4.78 is 5.24. The van der Waals surface area contributed by atoms with Crippen LogP contribution in [0, 0.1) is 11.3 Å². The van der Waals surface area contributed by atoms with Gasteiger partial charge in [-0.25, -0.2) is 0 Å². The van der Waals surface area contributed by atoms with Crippen LogP contribution in [0.15, 0.2) is 54.1 Å². The van der Waals surface area contributed by atoms with Crippen LogP contribution < -0.4 is 10.1 Å². The van der Waals surface area contributed by atoms with Crippen LogP contribution in [0.3, 0.4) is 0 Å². The number of anilines is 1. The molecule has 2 aromatic carbocycles. The predicted molar refractivity (Wildman–Crippen MR) is 95.7 cm³/mol. The summed E-state index contributed by atoms with van der Waals surface area (Å²) in [4.78, 5) is 12.3. The van der Waals surface area contributed by atoms with E-state index in [0.29, 0.717) is 22.9 Å². The summed E-state index contributed by atoms with van der Waals surface area (Å²) >= 11 is 0. The zero-order chi connectivity index (χ0) is 17.5. The molecule has 0 bridgehead atoms. The number of nitriles is 1. The van der Waals surface area contributed by atoms with Gasteiger partial charge in [0.05, 0.1) is 7.11 Å². The molecule has 0 atom stereocenters. The van der Waals surface area contributed by atoms with Gasteiger partial charge in [0.2, 0.25) is 0 Å². The van der Waals surface area contributed by atoms with Crippen molar-refractivity contribution in [1.82, 2.24) is 0 Å². The Balaban J connectivity index is 2.20. The molecular weight excluding hydrogens is 300 g/mol. The SMILES string of the molecule is COc1ccccc1/C=C(\C#N)C(=O)Nc1ccc(C(C)C)cc1. The number of benzene rings is 2. The summed E-state index contributed by atoms with van der Waals surface area (Å²) in [5.74, 6) is 0.593. The standard InChI is InChI=1S/C20H20N2O2/c1-14(2)15-8-10-18(11-9-15)22-20(23)17(13-21)12-16-6-4-5-7-19(16)24-3/h4-12,14H,1-3H3,(H,22,23)/b17-12+. The number of carbonyl (C=O) groups excluding carboxylic acids is 1. The molecule has 0 saturated carbocycles. The maximum absolute atomic E-state index is 12.3. The number of ether oxygens (including phenoxy) is 1. The summed E-state index contributed by atoms with van der Waals surface area (Å²) in [5, 5.41) is 12.0. The smallest absolute Gasteiger partial charge is 0.266 e. The second-order valence-electron chi connectivity index (χ2n) is 5.64. The van der Waals surface area contributed by atoms with E-state index in [1.54, 1.807) is 19.2 Å². The average molecular weight is 320 g/mol. The lowest BCUT2D eigenvalue weighted by Crippen LogP contribution is -2.13. The molecule has 0 spiro atoms. The van der Waals surface area contributed by atoms with Gasteiger partial charge in [0.1, 0.15) is 17.4 Å². The molecule has 0 unspecified atom stereocenters. The lowest BCUT2D eigenvalue weighted by molar-refractivity contribution is -0.112. The third kappa shape index (κ3) is 4.23. The third-order valence-corrected chi connectivity index (χ3v) is 3.64. The minimum absolute atomic E-state index is 0.0208. The Kier molecular flexibility index (Phi) is 5.75. The predicted octanol–water partition coefficient (Wildman–Crippen LogP) is 4.36. The zero-order valence-corrected chi connectivity index (χ0v) is 14.0. The van der Waals surface area contributed by atoms with E-state index in [9.17, 15) is 10.1 Å². The summed E-state index contributed by atoms with van der Waals surface area (Å²) in [6, 6.07) is 16.8. The fourth-order valence-corrected chi connectivity index (χ4v) is 2.24. The van der Waals surface area contributed by atoms with Crippen molar-refractivity contribution in [2.75, 3.05) is 12.4 Å². The molecule has 0 aromatic heterocycles. The van der Waals surface area contributed by atoms with Crippen LogP contribution >= 0.6 is 0 Å². The molecule has 1 amide bonds. The van der Waals surface area contributed by atoms with Crippen LogP contribution in [0.1, 0.15) is 30.9 Å². The van der Waals surface area contributed by atoms with E-state index in [2.05, 4.69) is 19.2 Å². The van der Waals surface area contributed by atoms with Crippen LogP contribution in [-0.4, -0.2) is 13.0 Å². The number of para-hydroxylation sites is 1. The second kappa shape index (κ2) is 7.98. The molecule has 0 radical (unpaired) electrons. The summed E-state index contributed by atoms with van der Waals surface area (Å²) in [6.07, 6.45) is 1.52. The molecule has 0 heterocycles. The summed E-state index contributed by atoms with van der Waals surface area (Å²) in [5.41, 5.74) is 2.55. The Hall–Kier alpha value is -3.06. The minimum atomic E-state index is -0.444. The number of methoxy groups -OCH3 is 1. The minimum Gasteiger partial charge on any atom is -0.496 e. The molecule has 2 rings (SSSR count). The van der Waals surface area contributed by atoms with Crippen molar-refractivity contribution in [3.05, 3.63) is 65.2 Å². The first-order chi connectivity index (χ1) is 11.5. The van der Waals surface area contributed by atoms with Crippen molar-refractivity contribution in [2.24, 2.45) is 0 Å². The van der Waals surface area contributed by atoms with Gasteiger partial charge >= 0.3 is 0 Å². The largest absolute Gasteiger partial charge is 0.496 e. The van der Waals surface area contributed by atoms with Gasteiger partial charge in [-0.1, -0.05) is 44.2 Å². The molecule has 24 heavy (non-hydrogen) atoms. The van der Waals surface area contributed by atoms with Crippen molar-refractivity contribution in [3.8, 4) is 11.8 Å². The van der Waals surface area contributed by atoms with Crippen LogP contribution in [0.2, 0.25) is 0 Å². The first-order valence-corrected chi connectivity index (χ1v) is 7.71. The van der Waals surface area contributed by atoms with E-state index in [-0.39, 0.29) is 5.57 Å². The van der Waals surface area contributed by atoms with Crippen LogP contribution in [0.25, 0.3) is 6.08 Å². The lowest BCUT2D eigenvalue weighted by Gasteiger charge is -2.08. The number of carbonyl (C=O) groups is 1. The molecule has 4 nitrogen and oxygen atoms in total. The van der Waals surface area contributed by atoms with Gasteiger partial charge in [-0.05, 0) is 35.8 Å². The number of hydrogen-bond donors (Lipinski definition) is 1. The molecule has 4 heteroatoms. The average Bonchev–Trinajstić information content (AvgIpc) is 2.60. The molecule has 122 valence electrons. The highest BCUT2D eigenvalue weighted by atomic mass is 16.5. The van der Waals surface area contributed by atoms with Crippen LogP contribution in [0.5, 0.6) is 5.75 Å². The van der Waals surface area contributed by atoms with Crippen molar-refractivity contribution in [1.29, 1.82) is 5.26 Å². The van der Waals surface area contributed by atoms with Crippen molar-refractivity contribution >= 4 is 17.7 Å². The monoisotopic (exact) mass is 320 g/mol. The maximum Gasteiger partial charge on any atom is 0.266 e. The van der Waals surface area contributed by atoms with Gasteiger partial charge < -0.3 is 10.1 Å². The maximum atomic E-state index is 12.3. The Bertz CT molecular complexity index is 784. The number of nitrogens with one attached hydrogen (secondary N) is 1. The fraction of sp³-hybridized carbons (Fsp3) is 0.200. The number of rotatable bonds is 5. The topological polar surface area (TPSA) is 62.1 Å². The number of amides is 1. The highest BCUT2D eigenvalue weighted by molar-refractivity contribution is 6.09. The molecule has 2 aromatic rings. The molecule has 0 fully saturated rings. The van der Waals surface area contributed by atoms with E-state index >= 15 is 0 Å². The molecule has 0 saturated heterocycles. The van der Waals surface area contributed by atoms with Gasteiger partial charge in [0, 0.05) is 11.3 Å². The highest BCUT2D eigenvalue weighted by Crippen LogP contribution is 2.21. The lowest BCUT2D eigenvalue weighted by atomic mass is 10.0. The van der Waals surface area contributed by atoms with Gasteiger partial charge in [0.15, 0.2) is 0 Å². The van der Waals surface area contributed by atoms with Gasteiger partial charge in [-0.3, -0.25) is 4.79 Å². The molecular formula is C20H20N2O2. The molecule has 1 N–H and O–H groups in total. The van der Waals surface area contributed by atoms with Crippen LogP contribution in [-0.2, 0) is 4.79 Å². The van der Waals surface area contributed by atoms with E-state index in [0.717, 1.165) is 0 Å². The third-order valence-electron chi connectivity index (χ3n) is 3.64. The summed E-state index contributed by atoms with van der Waals surface area (Å²) in [7, 11) is 1.55. The van der Waals surface area contributed by atoms with E-state index in [1.807, 2.05) is 42.5 Å². The van der Waals surface area contributed by atoms with Crippen LogP contribution in [0.4, 0.5) is 5.69 Å². The van der Waals surface area contributed by atoms with Crippen molar-refractivity contribution < 1.29 is 9.53 Å². The van der Waals surface area contributed by atoms with E-state index in [1.165, 1.54) is 11.6 Å². The normalized spacial score (nSPS) is 11.0. The van der Waals surface area contributed by atoms with E-state index < -0.39 is 5.91 Å². The first-order valence-electron chi connectivity index (χ1n) is 7.71. The van der Waals surface area contributed by atoms with Gasteiger partial charge in [-0.15, -0.1) is 0 Å². The van der Waals surface area contributed by atoms with Crippen molar-refractivity contribution in [2.45, 2.75) is 19.8 Å². The Labute approximate surface area is 142 Å². The Morgan fingerprint density at radius 2 is 1.83 bits per heavy atom. The quantitative estimate of drug-likeness (QED) is 0.657. The van der Waals surface area contributed by atoms with Gasteiger partial charge in [-0.2, -0.15) is 5.26 Å². The van der Waals surface area contributed by atoms with Crippen molar-refractivity contribution in [3.63, 3.8) is 0 Å². The first kappa shape index (κ1) is 17.3. The highest BCUT2D eigenvalue weighted by Gasteiger charge is 2.11. The fourth-order valence-electron chi connectivity index (χ4n) is 2.24. The summed E-state index contributed by atoms with van der Waals surface area (Å²) in [6.45, 7) is 4.22. The number of hydrogen-bond acceptors (Lipinski definition) is 3. The molecule has 0 aliphatic carbocycles. The Morgan fingerprint density at radius 3 is 2.42 bits per heavy atom. The second-order valence-corrected chi connectivity index (χ2v) is 5.64.